The Kier molecular flexibility index (Phi) is 7.51. The van der Waals surface area contributed by atoms with Crippen molar-refractivity contribution in [2.75, 3.05) is 0 Å². The molecule has 0 heterocycles. The van der Waals surface area contributed by atoms with Gasteiger partial charge in [0.2, 0.25) is 0 Å². The van der Waals surface area contributed by atoms with Gasteiger partial charge in [0, 0.05) is 0 Å². The van der Waals surface area contributed by atoms with E-state index in [1.54, 1.807) is 6.08 Å². The Morgan fingerprint density at radius 2 is 1.15 bits per heavy atom. The molecule has 0 bridgehead atoms. The first kappa shape index (κ1) is 25.3. The first-order valence-corrected chi connectivity index (χ1v) is 13.9. The molecule has 0 spiro atoms. The highest BCUT2D eigenvalue weighted by molar-refractivity contribution is 5.91. The van der Waals surface area contributed by atoms with E-state index >= 15 is 0 Å². The molecule has 0 aromatic heterocycles. The lowest BCUT2D eigenvalue weighted by molar-refractivity contribution is 1.00. The van der Waals surface area contributed by atoms with Gasteiger partial charge < -0.3 is 0 Å². The van der Waals surface area contributed by atoms with Gasteiger partial charge in [0.15, 0.2) is 0 Å². The van der Waals surface area contributed by atoms with Crippen LogP contribution in [0.3, 0.4) is 0 Å². The van der Waals surface area contributed by atoms with E-state index in [1.807, 2.05) is 12.2 Å². The monoisotopic (exact) mass is 512 g/mol. The average Bonchev–Trinajstić information content (AvgIpc) is 3.03. The number of fused-ring (bicyclic) bond motifs is 1. The molecular formula is C40H32. The highest BCUT2D eigenvalue weighted by Crippen LogP contribution is 2.37. The van der Waals surface area contributed by atoms with Gasteiger partial charge in [-0.25, -0.2) is 0 Å². The number of hydrogen-bond donors (Lipinski definition) is 0. The summed E-state index contributed by atoms with van der Waals surface area (Å²) in [6, 6.07) is 44.0. The fourth-order valence-electron chi connectivity index (χ4n) is 5.52. The molecule has 5 aromatic rings. The Balaban J connectivity index is 1.36. The Morgan fingerprint density at radius 3 is 1.93 bits per heavy atom. The van der Waals surface area contributed by atoms with E-state index in [9.17, 15) is 0 Å². The van der Waals surface area contributed by atoms with Gasteiger partial charge in [0.25, 0.3) is 0 Å². The van der Waals surface area contributed by atoms with Crippen molar-refractivity contribution in [1.29, 1.82) is 0 Å². The second-order valence-corrected chi connectivity index (χ2v) is 10.2. The average molecular weight is 513 g/mol. The van der Waals surface area contributed by atoms with Gasteiger partial charge >= 0.3 is 0 Å². The summed E-state index contributed by atoms with van der Waals surface area (Å²) in [5, 5.41) is 0. The molecule has 0 amide bonds. The van der Waals surface area contributed by atoms with Crippen LogP contribution >= 0.6 is 0 Å². The summed E-state index contributed by atoms with van der Waals surface area (Å²) in [7, 11) is 0. The summed E-state index contributed by atoms with van der Waals surface area (Å²) in [6.07, 6.45) is 14.5. The molecule has 0 aliphatic heterocycles. The van der Waals surface area contributed by atoms with Crippen molar-refractivity contribution < 1.29 is 0 Å². The standard InChI is InChI=1S/C40H32/c1-2-3-4-6-13-30-26-37(31-14-7-5-8-15-31)29-38(27-30)33-20-23-34(24-21-33)39-18-11-12-19-40(39)36-25-22-32-16-9-10-17-35(32)28-36/h2-21,23-24,26-29H,1,22,25H2/b4-3-,13-6?. The predicted molar refractivity (Wildman–Crippen MR) is 174 cm³/mol. The summed E-state index contributed by atoms with van der Waals surface area (Å²) < 4.78 is 0. The van der Waals surface area contributed by atoms with Crippen molar-refractivity contribution in [3.8, 4) is 33.4 Å². The molecular weight excluding hydrogens is 480 g/mol. The van der Waals surface area contributed by atoms with Crippen LogP contribution in [0.1, 0.15) is 28.7 Å². The van der Waals surface area contributed by atoms with Gasteiger partial charge in [-0.1, -0.05) is 146 Å². The molecule has 1 aliphatic rings. The van der Waals surface area contributed by atoms with E-state index < -0.39 is 0 Å². The minimum absolute atomic E-state index is 1.07. The first-order valence-electron chi connectivity index (χ1n) is 13.9. The summed E-state index contributed by atoms with van der Waals surface area (Å²) in [5.74, 6) is 0. The Hall–Kier alpha value is -4.94. The molecule has 0 heteroatoms. The van der Waals surface area contributed by atoms with Gasteiger partial charge in [0.05, 0.1) is 0 Å². The van der Waals surface area contributed by atoms with Crippen molar-refractivity contribution in [3.05, 3.63) is 174 Å². The maximum Gasteiger partial charge on any atom is -0.0109 e. The lowest BCUT2D eigenvalue weighted by Gasteiger charge is -2.19. The minimum Gasteiger partial charge on any atom is -0.0991 e. The van der Waals surface area contributed by atoms with Crippen LogP contribution in [-0.2, 0) is 6.42 Å². The van der Waals surface area contributed by atoms with Crippen LogP contribution in [0.5, 0.6) is 0 Å². The normalized spacial score (nSPS) is 12.8. The van der Waals surface area contributed by atoms with Gasteiger partial charge in [-0.2, -0.15) is 0 Å². The SMILES string of the molecule is C=C/C=C\C=Cc1cc(-c2ccccc2)cc(-c2ccc(-c3ccccc3C3=Cc4ccccc4CC3)cc2)c1. The Morgan fingerprint density at radius 1 is 0.500 bits per heavy atom. The maximum atomic E-state index is 3.76. The lowest BCUT2D eigenvalue weighted by atomic mass is 9.85. The van der Waals surface area contributed by atoms with Crippen LogP contribution in [0, 0.1) is 0 Å². The van der Waals surface area contributed by atoms with Crippen LogP contribution < -0.4 is 0 Å². The fourth-order valence-corrected chi connectivity index (χ4v) is 5.52. The van der Waals surface area contributed by atoms with Crippen molar-refractivity contribution in [1.82, 2.24) is 0 Å². The summed E-state index contributed by atoms with van der Waals surface area (Å²) in [4.78, 5) is 0. The van der Waals surface area contributed by atoms with Crippen LogP contribution in [-0.4, -0.2) is 0 Å². The third kappa shape index (κ3) is 5.58. The van der Waals surface area contributed by atoms with Crippen LogP contribution in [0.25, 0.3) is 51.1 Å². The molecule has 0 saturated carbocycles. The maximum absolute atomic E-state index is 3.76. The second kappa shape index (κ2) is 11.8. The van der Waals surface area contributed by atoms with E-state index in [0.29, 0.717) is 0 Å². The molecule has 0 nitrogen and oxygen atoms in total. The molecule has 0 saturated heterocycles. The quantitative estimate of drug-likeness (QED) is 0.190. The number of hydrogen-bond acceptors (Lipinski definition) is 0. The van der Waals surface area contributed by atoms with Gasteiger partial charge in [-0.3, -0.25) is 0 Å². The van der Waals surface area contributed by atoms with E-state index in [1.165, 1.54) is 61.2 Å². The van der Waals surface area contributed by atoms with E-state index in [-0.39, 0.29) is 0 Å². The van der Waals surface area contributed by atoms with Crippen molar-refractivity contribution in [3.63, 3.8) is 0 Å². The van der Waals surface area contributed by atoms with Crippen LogP contribution in [0.4, 0.5) is 0 Å². The number of rotatable bonds is 7. The smallest absolute Gasteiger partial charge is 0.0109 e. The van der Waals surface area contributed by atoms with Crippen LogP contribution in [0.2, 0.25) is 0 Å². The molecule has 1 aliphatic carbocycles. The molecule has 0 atom stereocenters. The van der Waals surface area contributed by atoms with Gasteiger partial charge in [-0.15, -0.1) is 0 Å². The molecule has 0 N–H and O–H groups in total. The molecule has 0 fully saturated rings. The highest BCUT2D eigenvalue weighted by atomic mass is 14.2. The zero-order valence-corrected chi connectivity index (χ0v) is 22.6. The van der Waals surface area contributed by atoms with Gasteiger partial charge in [0.1, 0.15) is 0 Å². The number of allylic oxidation sites excluding steroid dienone is 5. The Labute approximate surface area is 238 Å². The minimum atomic E-state index is 1.07. The summed E-state index contributed by atoms with van der Waals surface area (Å²) in [5.41, 5.74) is 14.1. The van der Waals surface area contributed by atoms with E-state index in [0.717, 1.165) is 12.8 Å². The Bertz CT molecular complexity index is 1730. The molecule has 40 heavy (non-hydrogen) atoms. The van der Waals surface area contributed by atoms with E-state index in [4.69, 9.17) is 0 Å². The predicted octanol–water partition coefficient (Wildman–Crippen LogP) is 10.9. The van der Waals surface area contributed by atoms with Crippen molar-refractivity contribution in [2.24, 2.45) is 0 Å². The third-order valence-corrected chi connectivity index (χ3v) is 7.56. The zero-order chi connectivity index (χ0) is 27.1. The fraction of sp³-hybridized carbons (Fsp3) is 0.0500. The number of benzene rings is 5. The highest BCUT2D eigenvalue weighted by Gasteiger charge is 2.15. The molecule has 192 valence electrons. The third-order valence-electron chi connectivity index (χ3n) is 7.56. The second-order valence-electron chi connectivity index (χ2n) is 10.2. The molecule has 5 aromatic carbocycles. The molecule has 0 radical (unpaired) electrons. The summed E-state index contributed by atoms with van der Waals surface area (Å²) in [6.45, 7) is 3.76. The largest absolute Gasteiger partial charge is 0.0991 e. The first-order chi connectivity index (χ1) is 19.8. The van der Waals surface area contributed by atoms with E-state index in [2.05, 4.69) is 146 Å². The topological polar surface area (TPSA) is 0 Å². The number of aryl methyl sites for hydroxylation is 1. The molecule has 0 unspecified atom stereocenters. The van der Waals surface area contributed by atoms with Crippen molar-refractivity contribution in [2.45, 2.75) is 12.8 Å². The van der Waals surface area contributed by atoms with Crippen LogP contribution in [0.15, 0.2) is 152 Å². The molecule has 6 rings (SSSR count). The zero-order valence-electron chi connectivity index (χ0n) is 22.6. The lowest BCUT2D eigenvalue weighted by Crippen LogP contribution is -2.00. The summed E-state index contributed by atoms with van der Waals surface area (Å²) >= 11 is 0. The van der Waals surface area contributed by atoms with Crippen molar-refractivity contribution >= 4 is 17.7 Å². The van der Waals surface area contributed by atoms with Gasteiger partial charge in [-0.05, 0) is 92.2 Å².